The highest BCUT2D eigenvalue weighted by atomic mass is 15.2. The van der Waals surface area contributed by atoms with E-state index in [1.54, 1.807) is 0 Å². The maximum Gasteiger partial charge on any atom is 0.0446 e. The van der Waals surface area contributed by atoms with Crippen molar-refractivity contribution in [3.8, 4) is 0 Å². The first kappa shape index (κ1) is 18.1. The summed E-state index contributed by atoms with van der Waals surface area (Å²) in [5.74, 6) is 0. The van der Waals surface area contributed by atoms with Crippen LogP contribution < -0.4 is 5.32 Å². The van der Waals surface area contributed by atoms with E-state index in [1.165, 1.54) is 23.1 Å². The van der Waals surface area contributed by atoms with Crippen LogP contribution >= 0.6 is 0 Å². The van der Waals surface area contributed by atoms with E-state index < -0.39 is 0 Å². The topological polar surface area (TPSA) is 18.5 Å². The van der Waals surface area contributed by atoms with Crippen molar-refractivity contribution >= 4 is 0 Å². The van der Waals surface area contributed by atoms with Crippen LogP contribution in [0.15, 0.2) is 18.2 Å². The van der Waals surface area contributed by atoms with Gasteiger partial charge in [0.25, 0.3) is 0 Å². The van der Waals surface area contributed by atoms with Gasteiger partial charge in [-0.1, -0.05) is 25.1 Å². The first-order valence-electron chi connectivity index (χ1n) is 8.09. The molecule has 0 bridgehead atoms. The highest BCUT2D eigenvalue weighted by Crippen LogP contribution is 2.18. The van der Waals surface area contributed by atoms with Crippen LogP contribution in [-0.2, 0) is 0 Å². The van der Waals surface area contributed by atoms with Gasteiger partial charge in [0.15, 0.2) is 0 Å². The molecule has 1 atom stereocenters. The van der Waals surface area contributed by atoms with Gasteiger partial charge in [-0.15, -0.1) is 0 Å². The van der Waals surface area contributed by atoms with Crippen LogP contribution in [0.3, 0.4) is 0 Å². The molecule has 0 amide bonds. The van der Waals surface area contributed by atoms with Crippen LogP contribution in [0.1, 0.15) is 36.1 Å². The van der Waals surface area contributed by atoms with E-state index in [-0.39, 0.29) is 0 Å². The van der Waals surface area contributed by atoms with Crippen molar-refractivity contribution in [3.05, 3.63) is 34.9 Å². The first-order chi connectivity index (χ1) is 9.97. The predicted molar refractivity (Wildman–Crippen MR) is 93.0 cm³/mol. The van der Waals surface area contributed by atoms with Gasteiger partial charge in [0, 0.05) is 25.7 Å². The van der Waals surface area contributed by atoms with Gasteiger partial charge in [0.1, 0.15) is 0 Å². The minimum absolute atomic E-state index is 0.401. The molecule has 0 radical (unpaired) electrons. The van der Waals surface area contributed by atoms with Crippen molar-refractivity contribution in [3.63, 3.8) is 0 Å². The lowest BCUT2D eigenvalue weighted by atomic mass is 10.0. The quantitative estimate of drug-likeness (QED) is 0.755. The zero-order valence-electron chi connectivity index (χ0n) is 14.7. The number of benzene rings is 1. The highest BCUT2D eigenvalue weighted by Gasteiger charge is 2.14. The van der Waals surface area contributed by atoms with Gasteiger partial charge >= 0.3 is 0 Å². The van der Waals surface area contributed by atoms with Crippen molar-refractivity contribution in [1.29, 1.82) is 0 Å². The Morgan fingerprint density at radius 1 is 1.05 bits per heavy atom. The Kier molecular flexibility index (Phi) is 7.94. The van der Waals surface area contributed by atoms with Crippen LogP contribution in [0.25, 0.3) is 0 Å². The van der Waals surface area contributed by atoms with Crippen molar-refractivity contribution in [2.75, 3.05) is 47.3 Å². The molecule has 1 rings (SSSR count). The maximum absolute atomic E-state index is 3.49. The van der Waals surface area contributed by atoms with Crippen molar-refractivity contribution in [1.82, 2.24) is 15.1 Å². The maximum atomic E-state index is 3.49. The fraction of sp³-hybridized carbons (Fsp3) is 0.667. The lowest BCUT2D eigenvalue weighted by Gasteiger charge is -2.28. The number of nitrogens with zero attached hydrogens (tertiary/aromatic N) is 2. The first-order valence-corrected chi connectivity index (χ1v) is 8.09. The smallest absolute Gasteiger partial charge is 0.0446 e. The molecule has 0 aromatic heterocycles. The van der Waals surface area contributed by atoms with Crippen LogP contribution in [0.4, 0.5) is 0 Å². The van der Waals surface area contributed by atoms with Crippen LogP contribution in [-0.4, -0.2) is 57.1 Å². The Morgan fingerprint density at radius 2 is 1.76 bits per heavy atom. The van der Waals surface area contributed by atoms with E-state index in [9.17, 15) is 0 Å². The molecule has 1 N–H and O–H groups in total. The third-order valence-corrected chi connectivity index (χ3v) is 4.13. The summed E-state index contributed by atoms with van der Waals surface area (Å²) in [5.41, 5.74) is 4.14. The second-order valence-corrected chi connectivity index (χ2v) is 6.29. The minimum atomic E-state index is 0.401. The molecule has 3 heteroatoms. The molecule has 0 fully saturated rings. The summed E-state index contributed by atoms with van der Waals surface area (Å²) in [6.07, 6.45) is 1.21. The summed E-state index contributed by atoms with van der Waals surface area (Å²) in [6, 6.07) is 7.23. The highest BCUT2D eigenvalue weighted by molar-refractivity contribution is 5.31. The van der Waals surface area contributed by atoms with Gasteiger partial charge < -0.3 is 15.1 Å². The number of aryl methyl sites for hydroxylation is 2. The van der Waals surface area contributed by atoms with E-state index in [0.29, 0.717) is 6.04 Å². The Morgan fingerprint density at radius 3 is 2.29 bits per heavy atom. The van der Waals surface area contributed by atoms with E-state index in [0.717, 1.165) is 26.2 Å². The third-order valence-electron chi connectivity index (χ3n) is 4.13. The summed E-state index contributed by atoms with van der Waals surface area (Å²) in [7, 11) is 6.35. The normalized spacial score (nSPS) is 13.1. The van der Waals surface area contributed by atoms with Gasteiger partial charge in [0.05, 0.1) is 0 Å². The molecule has 0 aliphatic carbocycles. The Balaban J connectivity index is 2.74. The van der Waals surface area contributed by atoms with Gasteiger partial charge in [-0.3, -0.25) is 0 Å². The average Bonchev–Trinajstić information content (AvgIpc) is 2.45. The second kappa shape index (κ2) is 9.19. The molecule has 3 nitrogen and oxygen atoms in total. The van der Waals surface area contributed by atoms with E-state index in [2.05, 4.69) is 75.2 Å². The second-order valence-electron chi connectivity index (χ2n) is 6.29. The van der Waals surface area contributed by atoms with Crippen LogP contribution in [0.5, 0.6) is 0 Å². The predicted octanol–water partition coefficient (Wildman–Crippen LogP) is 2.84. The molecular formula is C18H33N3. The van der Waals surface area contributed by atoms with Crippen molar-refractivity contribution < 1.29 is 0 Å². The monoisotopic (exact) mass is 291 g/mol. The summed E-state index contributed by atoms with van der Waals surface area (Å²) in [5, 5.41) is 3.49. The Bertz CT molecular complexity index is 415. The van der Waals surface area contributed by atoms with Gasteiger partial charge in [-0.25, -0.2) is 0 Å². The summed E-state index contributed by atoms with van der Waals surface area (Å²) in [6.45, 7) is 11.1. The SMILES string of the molecule is CCCN(CCN(C)C)CC(NC)c1ccc(C)c(C)c1. The molecule has 1 aromatic rings. The molecular weight excluding hydrogens is 258 g/mol. The number of nitrogens with one attached hydrogen (secondary N) is 1. The minimum Gasteiger partial charge on any atom is -0.312 e. The molecule has 0 saturated heterocycles. The number of hydrogen-bond donors (Lipinski definition) is 1. The molecule has 120 valence electrons. The van der Waals surface area contributed by atoms with Crippen LogP contribution in [0.2, 0.25) is 0 Å². The number of rotatable bonds is 9. The van der Waals surface area contributed by atoms with Gasteiger partial charge in [-0.05, 0) is 64.6 Å². The van der Waals surface area contributed by atoms with E-state index >= 15 is 0 Å². The molecule has 0 spiro atoms. The number of likely N-dealkylation sites (N-methyl/N-ethyl adjacent to an activating group) is 2. The average molecular weight is 291 g/mol. The molecule has 0 heterocycles. The fourth-order valence-electron chi connectivity index (χ4n) is 2.55. The molecule has 0 aliphatic heterocycles. The molecule has 1 aromatic carbocycles. The molecule has 0 saturated carbocycles. The molecule has 21 heavy (non-hydrogen) atoms. The lowest BCUT2D eigenvalue weighted by molar-refractivity contribution is 0.221. The van der Waals surface area contributed by atoms with E-state index in [1.807, 2.05) is 0 Å². The largest absolute Gasteiger partial charge is 0.312 e. The summed E-state index contributed by atoms with van der Waals surface area (Å²) in [4.78, 5) is 4.82. The van der Waals surface area contributed by atoms with Gasteiger partial charge in [0.2, 0.25) is 0 Å². The fourth-order valence-corrected chi connectivity index (χ4v) is 2.55. The lowest BCUT2D eigenvalue weighted by Crippen LogP contribution is -2.38. The Labute approximate surface area is 131 Å². The zero-order chi connectivity index (χ0) is 15.8. The Hall–Kier alpha value is -0.900. The van der Waals surface area contributed by atoms with Crippen molar-refractivity contribution in [2.45, 2.75) is 33.2 Å². The zero-order valence-corrected chi connectivity index (χ0v) is 14.7. The third kappa shape index (κ3) is 6.16. The van der Waals surface area contributed by atoms with Crippen molar-refractivity contribution in [2.24, 2.45) is 0 Å². The van der Waals surface area contributed by atoms with Crippen LogP contribution in [0, 0.1) is 13.8 Å². The molecule has 0 aliphatic rings. The van der Waals surface area contributed by atoms with E-state index in [4.69, 9.17) is 0 Å². The molecule has 1 unspecified atom stereocenters. The standard InChI is InChI=1S/C18H33N3/c1-7-10-21(12-11-20(5)6)14-18(19-4)17-9-8-15(2)16(3)13-17/h8-9,13,18-19H,7,10-12,14H2,1-6H3. The summed E-state index contributed by atoms with van der Waals surface area (Å²) >= 11 is 0. The summed E-state index contributed by atoms with van der Waals surface area (Å²) < 4.78 is 0. The number of hydrogen-bond acceptors (Lipinski definition) is 3. The van der Waals surface area contributed by atoms with Gasteiger partial charge in [-0.2, -0.15) is 0 Å².